The van der Waals surface area contributed by atoms with Gasteiger partial charge in [0.15, 0.2) is 0 Å². The van der Waals surface area contributed by atoms with Crippen molar-refractivity contribution in [3.63, 3.8) is 0 Å². The Bertz CT molecular complexity index is 844. The van der Waals surface area contributed by atoms with E-state index in [2.05, 4.69) is 139 Å². The van der Waals surface area contributed by atoms with Crippen LogP contribution in [0.15, 0.2) is 72.9 Å². The average Bonchev–Trinajstić information content (AvgIpc) is 2.99. The van der Waals surface area contributed by atoms with Crippen LogP contribution in [0.4, 0.5) is 0 Å². The van der Waals surface area contributed by atoms with Crippen LogP contribution in [0.2, 0.25) is 0 Å². The largest absolute Gasteiger partial charge is 0.640 e. The fraction of sp³-hybridized carbons (Fsp3) is 0.714. The first kappa shape index (κ1) is 44.4. The highest BCUT2D eigenvalue weighted by atomic mass is 16.7. The van der Waals surface area contributed by atoms with Gasteiger partial charge in [-0.3, -0.25) is 0 Å². The first-order chi connectivity index (χ1) is 21.6. The summed E-state index contributed by atoms with van der Waals surface area (Å²) in [4.78, 5) is 0. The van der Waals surface area contributed by atoms with Crippen LogP contribution in [-0.4, -0.2) is 25.6 Å². The van der Waals surface area contributed by atoms with E-state index in [1.165, 1.54) is 16.7 Å². The highest BCUT2D eigenvalue weighted by Gasteiger charge is 2.44. The summed E-state index contributed by atoms with van der Waals surface area (Å²) in [7, 11) is -0.821. The van der Waals surface area contributed by atoms with E-state index >= 15 is 0 Å². The normalized spacial score (nSPS) is 17.2. The Balaban J connectivity index is 6.88. The quantitative estimate of drug-likeness (QED) is 0.0662. The van der Waals surface area contributed by atoms with Crippen LogP contribution in [0.25, 0.3) is 0 Å². The van der Waals surface area contributed by atoms with E-state index in [-0.39, 0.29) is 34.6 Å². The van der Waals surface area contributed by atoms with Crippen LogP contribution in [0.5, 0.6) is 0 Å². The van der Waals surface area contributed by atoms with E-state index in [1.54, 1.807) is 0 Å². The summed E-state index contributed by atoms with van der Waals surface area (Å²) in [5.41, 5.74) is 3.31. The number of hydrogen-bond donors (Lipinski definition) is 0. The number of hydrogen-bond acceptors (Lipinski definition) is 3. The molecule has 46 heavy (non-hydrogen) atoms. The molecule has 0 fully saturated rings. The monoisotopic (exact) mass is 639 g/mol. The van der Waals surface area contributed by atoms with Gasteiger partial charge in [-0.15, -0.1) is 19.7 Å². The van der Waals surface area contributed by atoms with Crippen molar-refractivity contribution >= 4 is 7.32 Å². The highest BCUT2D eigenvalue weighted by Crippen LogP contribution is 2.40. The molecule has 0 aromatic heterocycles. The van der Waals surface area contributed by atoms with Crippen molar-refractivity contribution in [3.8, 4) is 0 Å². The smallest absolute Gasteiger partial charge is 0.382 e. The van der Waals surface area contributed by atoms with E-state index in [1.807, 2.05) is 0 Å². The summed E-state index contributed by atoms with van der Waals surface area (Å²) < 4.78 is 21.3. The third-order valence-corrected chi connectivity index (χ3v) is 9.79. The predicted molar refractivity (Wildman–Crippen MR) is 206 cm³/mol. The molecule has 0 N–H and O–H groups in total. The van der Waals surface area contributed by atoms with Crippen LogP contribution < -0.4 is 0 Å². The Morgan fingerprint density at radius 2 is 0.761 bits per heavy atom. The summed E-state index contributed by atoms with van der Waals surface area (Å²) in [6.07, 6.45) is 24.4. The maximum atomic E-state index is 7.09. The Hall–Kier alpha value is -1.62. The van der Waals surface area contributed by atoms with Gasteiger partial charge in [0.2, 0.25) is 0 Å². The van der Waals surface area contributed by atoms with Crippen molar-refractivity contribution in [1.29, 1.82) is 0 Å². The first-order valence-electron chi connectivity index (χ1n) is 18.4. The summed E-state index contributed by atoms with van der Waals surface area (Å²) in [5.74, 6) is 0. The molecule has 0 saturated heterocycles. The zero-order chi connectivity index (χ0) is 35.4. The standard InChI is InChI=1S/C42H75BO3/c1-16-25-37(40(13,19-4)31-22-28-34(7)8)44-43(45-38(26-17-2)41(14,20-5)32-23-29-35(9)10)46-39(27-18-3)42(15,21-6)33-24-30-36(11)12/h19-21,28-30,37-39H,4-6,16-18,22-27,31-33H2,1-3,7-15H3. The Morgan fingerprint density at radius 3 is 0.935 bits per heavy atom. The second-order valence-corrected chi connectivity index (χ2v) is 15.1. The van der Waals surface area contributed by atoms with Gasteiger partial charge in [0.25, 0.3) is 0 Å². The molecule has 0 radical (unpaired) electrons. The number of allylic oxidation sites excluding steroid dienone is 6. The lowest BCUT2D eigenvalue weighted by molar-refractivity contribution is -0.0629. The molecule has 0 aliphatic heterocycles. The molecule has 0 spiro atoms. The van der Waals surface area contributed by atoms with Crippen molar-refractivity contribution in [2.45, 2.75) is 178 Å². The molecular formula is C42H75BO3. The Labute approximate surface area is 288 Å². The molecule has 0 aromatic carbocycles. The fourth-order valence-corrected chi connectivity index (χ4v) is 6.14. The maximum absolute atomic E-state index is 7.09. The molecule has 0 aliphatic rings. The van der Waals surface area contributed by atoms with Crippen LogP contribution in [0.1, 0.15) is 160 Å². The molecule has 6 unspecified atom stereocenters. The van der Waals surface area contributed by atoms with Crippen LogP contribution in [0, 0.1) is 16.2 Å². The molecule has 0 saturated carbocycles. The van der Waals surface area contributed by atoms with Gasteiger partial charge in [-0.1, -0.05) is 114 Å². The van der Waals surface area contributed by atoms with Crippen molar-refractivity contribution in [1.82, 2.24) is 0 Å². The second-order valence-electron chi connectivity index (χ2n) is 15.1. The zero-order valence-electron chi connectivity index (χ0n) is 32.6. The second kappa shape index (κ2) is 22.9. The van der Waals surface area contributed by atoms with Crippen molar-refractivity contribution in [2.24, 2.45) is 16.2 Å². The zero-order valence-corrected chi connectivity index (χ0v) is 32.6. The summed E-state index contributed by atoms with van der Waals surface area (Å²) in [6.45, 7) is 39.4. The van der Waals surface area contributed by atoms with Crippen LogP contribution in [-0.2, 0) is 14.0 Å². The van der Waals surface area contributed by atoms with Gasteiger partial charge in [0.1, 0.15) is 0 Å². The maximum Gasteiger partial charge on any atom is 0.640 e. The van der Waals surface area contributed by atoms with Gasteiger partial charge in [-0.25, -0.2) is 0 Å². The number of rotatable bonds is 27. The Morgan fingerprint density at radius 1 is 0.522 bits per heavy atom. The minimum Gasteiger partial charge on any atom is -0.382 e. The van der Waals surface area contributed by atoms with E-state index in [0.29, 0.717) is 0 Å². The van der Waals surface area contributed by atoms with Gasteiger partial charge >= 0.3 is 7.32 Å². The highest BCUT2D eigenvalue weighted by molar-refractivity contribution is 6.36. The predicted octanol–water partition coefficient (Wildman–Crippen LogP) is 13.3. The molecule has 4 heteroatoms. The van der Waals surface area contributed by atoms with E-state index in [0.717, 1.165) is 77.0 Å². The van der Waals surface area contributed by atoms with E-state index in [9.17, 15) is 0 Å². The van der Waals surface area contributed by atoms with Crippen LogP contribution >= 0.6 is 0 Å². The van der Waals surface area contributed by atoms with Gasteiger partial charge in [-0.2, -0.15) is 0 Å². The average molecular weight is 639 g/mol. The molecule has 0 rings (SSSR count). The molecule has 3 nitrogen and oxygen atoms in total. The van der Waals surface area contributed by atoms with Crippen molar-refractivity contribution in [3.05, 3.63) is 72.9 Å². The molecule has 0 bridgehead atoms. The summed E-state index contributed by atoms with van der Waals surface area (Å²) in [6, 6.07) is 0. The SMILES string of the molecule is C=CC(C)(CCC=C(C)C)C(CCC)OB(OC(CCC)C(C)(C=C)CCC=C(C)C)OC(CCC)C(C)(C=C)CCC=C(C)C. The lowest BCUT2D eigenvalue weighted by Gasteiger charge is -2.42. The van der Waals surface area contributed by atoms with Gasteiger partial charge < -0.3 is 14.0 Å². The van der Waals surface area contributed by atoms with Crippen molar-refractivity contribution < 1.29 is 14.0 Å². The molecule has 0 heterocycles. The van der Waals surface area contributed by atoms with E-state index < -0.39 is 7.32 Å². The van der Waals surface area contributed by atoms with Gasteiger partial charge in [-0.05, 0) is 99.3 Å². The topological polar surface area (TPSA) is 27.7 Å². The third-order valence-electron chi connectivity index (χ3n) is 9.79. The minimum atomic E-state index is -0.821. The molecule has 0 amide bonds. The summed E-state index contributed by atoms with van der Waals surface area (Å²) >= 11 is 0. The Kier molecular flexibility index (Phi) is 22.1. The lowest BCUT2D eigenvalue weighted by Crippen LogP contribution is -2.48. The molecule has 264 valence electrons. The third kappa shape index (κ3) is 16.0. The molecule has 0 aliphatic carbocycles. The van der Waals surface area contributed by atoms with E-state index in [4.69, 9.17) is 14.0 Å². The van der Waals surface area contributed by atoms with Crippen molar-refractivity contribution in [2.75, 3.05) is 0 Å². The van der Waals surface area contributed by atoms with Gasteiger partial charge in [0.05, 0.1) is 18.3 Å². The first-order valence-corrected chi connectivity index (χ1v) is 18.4. The van der Waals surface area contributed by atoms with Crippen LogP contribution in [0.3, 0.4) is 0 Å². The fourth-order valence-electron chi connectivity index (χ4n) is 6.14. The van der Waals surface area contributed by atoms with Gasteiger partial charge in [0, 0.05) is 16.2 Å². The summed E-state index contributed by atoms with van der Waals surface area (Å²) in [5, 5.41) is 0. The molecular weight excluding hydrogens is 563 g/mol. The molecule has 6 atom stereocenters. The lowest BCUT2D eigenvalue weighted by atomic mass is 9.76. The molecule has 0 aromatic rings. The minimum absolute atomic E-state index is 0.101.